The molecule has 256 valence electrons. The van der Waals surface area contributed by atoms with Gasteiger partial charge in [0, 0.05) is 19.4 Å². The number of nitrogens with one attached hydrogen (secondary N) is 1. The first kappa shape index (κ1) is 42.0. The maximum atomic E-state index is 12.0. The Morgan fingerprint density at radius 2 is 1.07 bits per heavy atom. The van der Waals surface area contributed by atoms with Crippen LogP contribution >= 0.6 is 7.82 Å². The number of carbonyl (C=O) groups excluding carboxylic acids is 2. The van der Waals surface area contributed by atoms with Crippen molar-refractivity contribution in [2.45, 2.75) is 174 Å². The van der Waals surface area contributed by atoms with Gasteiger partial charge in [0.2, 0.25) is 5.91 Å². The van der Waals surface area contributed by atoms with E-state index >= 15 is 0 Å². The summed E-state index contributed by atoms with van der Waals surface area (Å²) in [6.45, 7) is 3.15. The van der Waals surface area contributed by atoms with Crippen LogP contribution in [0.25, 0.3) is 0 Å². The van der Waals surface area contributed by atoms with Crippen molar-refractivity contribution < 1.29 is 37.9 Å². The average molecular weight is 636 g/mol. The molecule has 9 nitrogen and oxygen atoms in total. The van der Waals surface area contributed by atoms with Crippen LogP contribution in [0.1, 0.15) is 168 Å². The van der Waals surface area contributed by atoms with Crippen molar-refractivity contribution in [1.82, 2.24) is 5.32 Å². The lowest BCUT2D eigenvalue weighted by atomic mass is 10.0. The number of esters is 1. The largest absolute Gasteiger partial charge is 0.472 e. The molecule has 0 saturated heterocycles. The number of phosphoric ester groups is 1. The van der Waals surface area contributed by atoms with Gasteiger partial charge in [-0.05, 0) is 12.8 Å². The van der Waals surface area contributed by atoms with Crippen LogP contribution < -0.4 is 5.32 Å². The maximum Gasteiger partial charge on any atom is 0.472 e. The molecule has 0 heterocycles. The molecule has 0 saturated carbocycles. The fourth-order valence-corrected chi connectivity index (χ4v) is 5.65. The fraction of sp³-hybridized carbons (Fsp3) is 0.939. The van der Waals surface area contributed by atoms with Crippen LogP contribution in [0.4, 0.5) is 0 Å². The third-order valence-electron chi connectivity index (χ3n) is 7.51. The van der Waals surface area contributed by atoms with Gasteiger partial charge in [-0.2, -0.15) is 0 Å². The van der Waals surface area contributed by atoms with Gasteiger partial charge >= 0.3 is 13.8 Å². The van der Waals surface area contributed by atoms with Crippen LogP contribution in [0.3, 0.4) is 0 Å². The van der Waals surface area contributed by atoms with Gasteiger partial charge in [0.05, 0.1) is 13.2 Å². The van der Waals surface area contributed by atoms with E-state index in [-0.39, 0.29) is 32.1 Å². The summed E-state index contributed by atoms with van der Waals surface area (Å²) in [5.74, 6) is -0.564. The number of phosphoric acid groups is 1. The second-order valence-corrected chi connectivity index (χ2v) is 13.3. The Balaban J connectivity index is 3.42. The van der Waals surface area contributed by atoms with Gasteiger partial charge in [0.1, 0.15) is 12.7 Å². The summed E-state index contributed by atoms with van der Waals surface area (Å²) < 4.78 is 26.2. The molecular weight excluding hydrogens is 569 g/mol. The molecule has 0 aromatic carbocycles. The number of carbonyl (C=O) groups is 2. The van der Waals surface area contributed by atoms with E-state index in [0.717, 1.165) is 19.3 Å². The van der Waals surface area contributed by atoms with Gasteiger partial charge in [0.25, 0.3) is 0 Å². The van der Waals surface area contributed by atoms with Gasteiger partial charge < -0.3 is 20.1 Å². The van der Waals surface area contributed by atoms with Crippen LogP contribution in [0, 0.1) is 0 Å². The van der Waals surface area contributed by atoms with Gasteiger partial charge in [-0.15, -0.1) is 0 Å². The first-order valence-electron chi connectivity index (χ1n) is 17.5. The Hall–Kier alpha value is -0.990. The Bertz CT molecular complexity index is 694. The van der Waals surface area contributed by atoms with Crippen LogP contribution in [0.2, 0.25) is 0 Å². The maximum absolute atomic E-state index is 12.0. The van der Waals surface area contributed by atoms with E-state index in [2.05, 4.69) is 12.2 Å². The van der Waals surface area contributed by atoms with Crippen LogP contribution in [-0.4, -0.2) is 54.3 Å². The van der Waals surface area contributed by atoms with E-state index in [9.17, 15) is 24.2 Å². The molecule has 0 radical (unpaired) electrons. The number of rotatable bonds is 33. The third kappa shape index (κ3) is 32.2. The van der Waals surface area contributed by atoms with E-state index in [1.165, 1.54) is 116 Å². The molecule has 2 atom stereocenters. The molecule has 2 unspecified atom stereocenters. The van der Waals surface area contributed by atoms with E-state index in [1.54, 1.807) is 0 Å². The van der Waals surface area contributed by atoms with Crippen LogP contribution in [0.5, 0.6) is 0 Å². The highest BCUT2D eigenvalue weighted by Crippen LogP contribution is 2.42. The third-order valence-corrected chi connectivity index (χ3v) is 8.49. The molecule has 0 fully saturated rings. The highest BCUT2D eigenvalue weighted by molar-refractivity contribution is 7.47. The van der Waals surface area contributed by atoms with Crippen molar-refractivity contribution in [3.63, 3.8) is 0 Å². The molecule has 0 aromatic heterocycles. The Kier molecular flexibility index (Phi) is 30.3. The van der Waals surface area contributed by atoms with Crippen molar-refractivity contribution in [2.75, 3.05) is 26.4 Å². The second-order valence-electron chi connectivity index (χ2n) is 11.9. The molecule has 3 N–H and O–H groups in total. The van der Waals surface area contributed by atoms with Gasteiger partial charge in [-0.3, -0.25) is 18.6 Å². The van der Waals surface area contributed by atoms with Crippen molar-refractivity contribution in [3.8, 4) is 0 Å². The standard InChI is InChI=1S/C33H66NO8P/c1-3-5-6-7-8-9-10-11-12-13-14-15-16-17-18-19-20-21-22-23-24-26-32(36)34-27-28-41-43(38,39)42-30-31(35)29-40-33(37)25-4-2/h31,35H,3-30H2,1-2H3,(H,34,36)(H,38,39). The van der Waals surface area contributed by atoms with Crippen molar-refractivity contribution in [1.29, 1.82) is 0 Å². The first-order chi connectivity index (χ1) is 20.8. The number of aliphatic hydroxyl groups is 1. The molecule has 10 heteroatoms. The SMILES string of the molecule is CCCCCCCCCCCCCCCCCCCCCCCC(=O)NCCOP(=O)(O)OCC(O)COC(=O)CCC. The van der Waals surface area contributed by atoms with E-state index in [0.29, 0.717) is 12.8 Å². The summed E-state index contributed by atoms with van der Waals surface area (Å²) in [7, 11) is -4.38. The van der Waals surface area contributed by atoms with Gasteiger partial charge in [0.15, 0.2) is 0 Å². The molecule has 0 aromatic rings. The zero-order valence-corrected chi connectivity index (χ0v) is 28.6. The Labute approximate surface area is 263 Å². The Morgan fingerprint density at radius 1 is 0.628 bits per heavy atom. The molecule has 1 amide bonds. The normalized spacial score (nSPS) is 13.5. The summed E-state index contributed by atoms with van der Waals surface area (Å²) in [6, 6.07) is 0. The van der Waals surface area contributed by atoms with Crippen LogP contribution in [0.15, 0.2) is 0 Å². The van der Waals surface area contributed by atoms with E-state index in [4.69, 9.17) is 13.8 Å². The summed E-state index contributed by atoms with van der Waals surface area (Å²) in [5, 5.41) is 12.4. The summed E-state index contributed by atoms with van der Waals surface area (Å²) in [6.07, 6.45) is 27.9. The topological polar surface area (TPSA) is 131 Å². The predicted molar refractivity (Wildman–Crippen MR) is 174 cm³/mol. The molecule has 0 bridgehead atoms. The highest BCUT2D eigenvalue weighted by Gasteiger charge is 2.23. The Morgan fingerprint density at radius 3 is 1.51 bits per heavy atom. The summed E-state index contributed by atoms with van der Waals surface area (Å²) in [4.78, 5) is 32.9. The number of ether oxygens (including phenoxy) is 1. The molecule has 0 aliphatic carbocycles. The molecule has 0 aliphatic heterocycles. The number of hydrogen-bond donors (Lipinski definition) is 3. The van der Waals surface area contributed by atoms with Gasteiger partial charge in [-0.1, -0.05) is 142 Å². The number of hydrogen-bond acceptors (Lipinski definition) is 7. The zero-order chi connectivity index (χ0) is 31.9. The minimum atomic E-state index is -4.38. The lowest BCUT2D eigenvalue weighted by Crippen LogP contribution is -2.27. The van der Waals surface area contributed by atoms with E-state index < -0.39 is 26.5 Å². The molecule has 0 spiro atoms. The van der Waals surface area contributed by atoms with Crippen molar-refractivity contribution in [2.24, 2.45) is 0 Å². The zero-order valence-electron chi connectivity index (χ0n) is 27.7. The smallest absolute Gasteiger partial charge is 0.463 e. The number of aliphatic hydroxyl groups excluding tert-OH is 1. The monoisotopic (exact) mass is 635 g/mol. The first-order valence-corrected chi connectivity index (χ1v) is 19.0. The highest BCUT2D eigenvalue weighted by atomic mass is 31.2. The lowest BCUT2D eigenvalue weighted by molar-refractivity contribution is -0.147. The van der Waals surface area contributed by atoms with Crippen molar-refractivity contribution >= 4 is 19.7 Å². The number of unbranched alkanes of at least 4 members (excludes halogenated alkanes) is 20. The summed E-state index contributed by atoms with van der Waals surface area (Å²) >= 11 is 0. The van der Waals surface area contributed by atoms with Gasteiger partial charge in [-0.25, -0.2) is 4.57 Å². The predicted octanol–water partition coefficient (Wildman–Crippen LogP) is 8.54. The lowest BCUT2D eigenvalue weighted by Gasteiger charge is -2.15. The fourth-order valence-electron chi connectivity index (χ4n) is 4.89. The molecule has 43 heavy (non-hydrogen) atoms. The number of amides is 1. The van der Waals surface area contributed by atoms with E-state index in [1.807, 2.05) is 6.92 Å². The van der Waals surface area contributed by atoms with Crippen LogP contribution in [-0.2, 0) is 27.9 Å². The second kappa shape index (κ2) is 31.0. The molecule has 0 aliphatic rings. The molecular formula is C33H66NO8P. The quantitative estimate of drug-likeness (QED) is 0.0371. The van der Waals surface area contributed by atoms with Crippen molar-refractivity contribution in [3.05, 3.63) is 0 Å². The molecule has 0 rings (SSSR count). The summed E-state index contributed by atoms with van der Waals surface area (Å²) in [5.41, 5.74) is 0. The minimum absolute atomic E-state index is 0.0865. The average Bonchev–Trinajstić information content (AvgIpc) is 2.98. The minimum Gasteiger partial charge on any atom is -0.463 e.